The van der Waals surface area contributed by atoms with Crippen molar-refractivity contribution in [2.24, 2.45) is 0 Å². The van der Waals surface area contributed by atoms with Gasteiger partial charge in [-0.15, -0.1) is 0 Å². The monoisotopic (exact) mass is 295 g/mol. The molecular weight excluding hydrogens is 282 g/mol. The standard InChI is InChI=1S/C13H14BrNO2/c1-3-17-13(16)9(2)15-7-6-10-8-11(14)4-5-12(10)15/h4-9H,3H2,1-2H3/t9-/m0/s1. The second-order valence-corrected chi connectivity index (χ2v) is 4.77. The molecule has 2 rings (SSSR count). The molecule has 0 N–H and O–H groups in total. The molecule has 1 heterocycles. The van der Waals surface area contributed by atoms with Crippen molar-refractivity contribution in [3.63, 3.8) is 0 Å². The zero-order chi connectivity index (χ0) is 12.4. The molecule has 0 unspecified atom stereocenters. The van der Waals surface area contributed by atoms with Gasteiger partial charge in [0.15, 0.2) is 0 Å². The Kier molecular flexibility index (Phi) is 3.52. The molecule has 1 aromatic carbocycles. The first-order valence-corrected chi connectivity index (χ1v) is 6.35. The topological polar surface area (TPSA) is 31.2 Å². The van der Waals surface area contributed by atoms with Crippen molar-refractivity contribution in [3.05, 3.63) is 34.9 Å². The lowest BCUT2D eigenvalue weighted by Gasteiger charge is -2.13. The van der Waals surface area contributed by atoms with Crippen LogP contribution in [0.3, 0.4) is 0 Å². The van der Waals surface area contributed by atoms with E-state index in [2.05, 4.69) is 15.9 Å². The minimum absolute atomic E-state index is 0.201. The van der Waals surface area contributed by atoms with E-state index in [1.54, 1.807) is 0 Å². The van der Waals surface area contributed by atoms with Gasteiger partial charge in [-0.3, -0.25) is 0 Å². The van der Waals surface area contributed by atoms with Gasteiger partial charge in [0, 0.05) is 21.6 Å². The van der Waals surface area contributed by atoms with Crippen molar-refractivity contribution in [1.82, 2.24) is 4.57 Å². The smallest absolute Gasteiger partial charge is 0.328 e. The van der Waals surface area contributed by atoms with E-state index in [0.717, 1.165) is 15.4 Å². The van der Waals surface area contributed by atoms with Gasteiger partial charge < -0.3 is 9.30 Å². The second kappa shape index (κ2) is 4.92. The molecular formula is C13H14BrNO2. The number of rotatable bonds is 3. The maximum atomic E-state index is 11.7. The number of carbonyl (C=O) groups is 1. The summed E-state index contributed by atoms with van der Waals surface area (Å²) in [6, 6.07) is 7.69. The van der Waals surface area contributed by atoms with Gasteiger partial charge in [0.1, 0.15) is 6.04 Å². The van der Waals surface area contributed by atoms with Crippen molar-refractivity contribution >= 4 is 32.8 Å². The van der Waals surface area contributed by atoms with E-state index in [0.29, 0.717) is 6.61 Å². The van der Waals surface area contributed by atoms with Crippen LogP contribution >= 0.6 is 15.9 Å². The lowest BCUT2D eigenvalue weighted by atomic mass is 10.2. The van der Waals surface area contributed by atoms with Crippen molar-refractivity contribution in [2.75, 3.05) is 6.61 Å². The number of hydrogen-bond donors (Lipinski definition) is 0. The van der Waals surface area contributed by atoms with Crippen LogP contribution in [0.1, 0.15) is 19.9 Å². The predicted molar refractivity (Wildman–Crippen MR) is 71.0 cm³/mol. The number of ether oxygens (including phenoxy) is 1. The molecule has 90 valence electrons. The molecule has 0 bridgehead atoms. The van der Waals surface area contributed by atoms with Crippen LogP contribution in [-0.4, -0.2) is 17.1 Å². The molecule has 0 saturated carbocycles. The Hall–Kier alpha value is -1.29. The molecule has 1 aromatic heterocycles. The minimum Gasteiger partial charge on any atom is -0.464 e. The number of carbonyl (C=O) groups excluding carboxylic acids is 1. The highest BCUT2D eigenvalue weighted by molar-refractivity contribution is 9.10. The summed E-state index contributed by atoms with van der Waals surface area (Å²) in [5.74, 6) is -0.201. The number of esters is 1. The Morgan fingerprint density at radius 3 is 2.94 bits per heavy atom. The van der Waals surface area contributed by atoms with E-state index in [4.69, 9.17) is 4.74 Å². The van der Waals surface area contributed by atoms with Crippen molar-refractivity contribution in [2.45, 2.75) is 19.9 Å². The lowest BCUT2D eigenvalue weighted by Crippen LogP contribution is -2.18. The number of benzene rings is 1. The van der Waals surface area contributed by atoms with Crippen LogP contribution in [-0.2, 0) is 9.53 Å². The summed E-state index contributed by atoms with van der Waals surface area (Å²) in [5.41, 5.74) is 1.04. The Morgan fingerprint density at radius 1 is 1.47 bits per heavy atom. The van der Waals surface area contributed by atoms with Crippen LogP contribution in [0.4, 0.5) is 0 Å². The summed E-state index contributed by atoms with van der Waals surface area (Å²) in [5, 5.41) is 1.11. The molecule has 0 amide bonds. The van der Waals surface area contributed by atoms with Crippen LogP contribution in [0.25, 0.3) is 10.9 Å². The van der Waals surface area contributed by atoms with E-state index in [1.165, 1.54) is 0 Å². The Balaban J connectivity index is 2.39. The summed E-state index contributed by atoms with van der Waals surface area (Å²) < 4.78 is 8.00. The van der Waals surface area contributed by atoms with E-state index in [1.807, 2.05) is 48.9 Å². The molecule has 0 radical (unpaired) electrons. The molecule has 0 aliphatic rings. The predicted octanol–water partition coefficient (Wildman–Crippen LogP) is 3.53. The van der Waals surface area contributed by atoms with E-state index < -0.39 is 0 Å². The zero-order valence-electron chi connectivity index (χ0n) is 9.81. The average Bonchev–Trinajstić information content (AvgIpc) is 2.71. The highest BCUT2D eigenvalue weighted by Crippen LogP contribution is 2.24. The SMILES string of the molecule is CCOC(=O)[C@H](C)n1ccc2cc(Br)ccc21. The van der Waals surface area contributed by atoms with Crippen molar-refractivity contribution in [1.29, 1.82) is 0 Å². The van der Waals surface area contributed by atoms with E-state index in [9.17, 15) is 4.79 Å². The fraction of sp³-hybridized carbons (Fsp3) is 0.308. The fourth-order valence-electron chi connectivity index (χ4n) is 1.85. The van der Waals surface area contributed by atoms with Crippen LogP contribution in [0.5, 0.6) is 0 Å². The number of aromatic nitrogens is 1. The fourth-order valence-corrected chi connectivity index (χ4v) is 2.23. The summed E-state index contributed by atoms with van der Waals surface area (Å²) >= 11 is 3.43. The van der Waals surface area contributed by atoms with Crippen LogP contribution < -0.4 is 0 Å². The van der Waals surface area contributed by atoms with Gasteiger partial charge in [0.05, 0.1) is 6.61 Å². The number of fused-ring (bicyclic) bond motifs is 1. The first kappa shape index (κ1) is 12.2. The van der Waals surface area contributed by atoms with Gasteiger partial charge >= 0.3 is 5.97 Å². The van der Waals surface area contributed by atoms with Gasteiger partial charge in [-0.25, -0.2) is 4.79 Å². The molecule has 17 heavy (non-hydrogen) atoms. The quantitative estimate of drug-likeness (QED) is 0.811. The molecule has 3 nitrogen and oxygen atoms in total. The van der Waals surface area contributed by atoms with Crippen LogP contribution in [0.2, 0.25) is 0 Å². The molecule has 0 saturated heterocycles. The van der Waals surface area contributed by atoms with Crippen LogP contribution in [0, 0.1) is 0 Å². The highest BCUT2D eigenvalue weighted by atomic mass is 79.9. The lowest BCUT2D eigenvalue weighted by molar-refractivity contribution is -0.146. The van der Waals surface area contributed by atoms with Gasteiger partial charge in [0.2, 0.25) is 0 Å². The minimum atomic E-state index is -0.298. The molecule has 2 aromatic rings. The first-order valence-electron chi connectivity index (χ1n) is 5.56. The third kappa shape index (κ3) is 2.36. The number of nitrogens with zero attached hydrogens (tertiary/aromatic N) is 1. The Labute approximate surface area is 108 Å². The maximum Gasteiger partial charge on any atom is 0.328 e. The molecule has 4 heteroatoms. The van der Waals surface area contributed by atoms with E-state index in [-0.39, 0.29) is 12.0 Å². The molecule has 0 spiro atoms. The molecule has 0 fully saturated rings. The first-order chi connectivity index (χ1) is 8.13. The number of halogens is 1. The van der Waals surface area contributed by atoms with Gasteiger partial charge in [-0.1, -0.05) is 15.9 Å². The maximum absolute atomic E-state index is 11.7. The van der Waals surface area contributed by atoms with E-state index >= 15 is 0 Å². The third-order valence-electron chi connectivity index (χ3n) is 2.73. The number of hydrogen-bond acceptors (Lipinski definition) is 2. The largest absolute Gasteiger partial charge is 0.464 e. The molecule has 1 atom stereocenters. The Bertz CT molecular complexity index is 547. The van der Waals surface area contributed by atoms with Gasteiger partial charge in [-0.2, -0.15) is 0 Å². The van der Waals surface area contributed by atoms with Gasteiger partial charge in [-0.05, 0) is 38.1 Å². The highest BCUT2D eigenvalue weighted by Gasteiger charge is 2.17. The summed E-state index contributed by atoms with van der Waals surface area (Å²) in [7, 11) is 0. The van der Waals surface area contributed by atoms with Crippen molar-refractivity contribution in [3.8, 4) is 0 Å². The summed E-state index contributed by atoms with van der Waals surface area (Å²) in [4.78, 5) is 11.7. The third-order valence-corrected chi connectivity index (χ3v) is 3.22. The Morgan fingerprint density at radius 2 is 2.24 bits per heavy atom. The van der Waals surface area contributed by atoms with Crippen molar-refractivity contribution < 1.29 is 9.53 Å². The molecule has 0 aliphatic heterocycles. The van der Waals surface area contributed by atoms with Crippen LogP contribution in [0.15, 0.2) is 34.9 Å². The average molecular weight is 296 g/mol. The molecule has 0 aliphatic carbocycles. The van der Waals surface area contributed by atoms with Gasteiger partial charge in [0.25, 0.3) is 0 Å². The zero-order valence-corrected chi connectivity index (χ0v) is 11.4. The summed E-state index contributed by atoms with van der Waals surface area (Å²) in [6.45, 7) is 4.07. The second-order valence-electron chi connectivity index (χ2n) is 3.85. The normalized spacial score (nSPS) is 12.6. The summed E-state index contributed by atoms with van der Waals surface area (Å²) in [6.07, 6.45) is 1.92.